The van der Waals surface area contributed by atoms with Crippen LogP contribution < -0.4 is 5.32 Å². The third-order valence-corrected chi connectivity index (χ3v) is 3.92. The molecule has 1 aromatic carbocycles. The highest BCUT2D eigenvalue weighted by molar-refractivity contribution is 8.13. The van der Waals surface area contributed by atoms with Gasteiger partial charge in [0.25, 0.3) is 0 Å². The molecule has 0 fully saturated rings. The number of ether oxygens (including phenoxy) is 1. The molecule has 7 heteroatoms. The molecule has 0 saturated heterocycles. The standard InChI is InChI=1S/C15H22ClNO4S/c1-15(2,3)21-14(18)17-13(11-22(16,19)20)10-9-12-7-5-4-6-8-12/h4-8,13H,9-11H2,1-3H3,(H,17,18). The van der Waals surface area contributed by atoms with E-state index in [4.69, 9.17) is 15.4 Å². The van der Waals surface area contributed by atoms with Gasteiger partial charge in [-0.05, 0) is 39.2 Å². The normalized spacial score (nSPS) is 13.5. The van der Waals surface area contributed by atoms with Crippen molar-refractivity contribution in [2.24, 2.45) is 0 Å². The average molecular weight is 348 g/mol. The molecule has 1 atom stereocenters. The van der Waals surface area contributed by atoms with Crippen LogP contribution in [0.4, 0.5) is 4.79 Å². The summed E-state index contributed by atoms with van der Waals surface area (Å²) >= 11 is 0. The molecule has 0 saturated carbocycles. The molecule has 1 aromatic rings. The summed E-state index contributed by atoms with van der Waals surface area (Å²) in [6, 6.07) is 9.01. The van der Waals surface area contributed by atoms with Crippen molar-refractivity contribution in [1.82, 2.24) is 5.32 Å². The Hall–Kier alpha value is -1.27. The monoisotopic (exact) mass is 347 g/mol. The molecule has 0 heterocycles. The van der Waals surface area contributed by atoms with Crippen LogP contribution in [-0.4, -0.2) is 31.9 Å². The van der Waals surface area contributed by atoms with E-state index in [1.807, 2.05) is 30.3 Å². The molecular formula is C15H22ClNO4S. The van der Waals surface area contributed by atoms with Gasteiger partial charge in [0, 0.05) is 16.7 Å². The lowest BCUT2D eigenvalue weighted by Crippen LogP contribution is -2.42. The third-order valence-electron chi connectivity index (χ3n) is 2.75. The molecule has 0 spiro atoms. The second-order valence-electron chi connectivity index (χ2n) is 6.07. The summed E-state index contributed by atoms with van der Waals surface area (Å²) in [6.07, 6.45) is 0.439. The summed E-state index contributed by atoms with van der Waals surface area (Å²) in [4.78, 5) is 11.8. The quantitative estimate of drug-likeness (QED) is 0.802. The SMILES string of the molecule is CC(C)(C)OC(=O)NC(CCc1ccccc1)CS(=O)(=O)Cl. The molecule has 1 N–H and O–H groups in total. The van der Waals surface area contributed by atoms with Crippen LogP contribution >= 0.6 is 10.7 Å². The molecular weight excluding hydrogens is 326 g/mol. The van der Waals surface area contributed by atoms with Gasteiger partial charge < -0.3 is 10.1 Å². The zero-order chi connectivity index (χ0) is 16.8. The molecule has 124 valence electrons. The highest BCUT2D eigenvalue weighted by Gasteiger charge is 2.22. The van der Waals surface area contributed by atoms with Crippen LogP contribution in [0.3, 0.4) is 0 Å². The Morgan fingerprint density at radius 1 is 1.27 bits per heavy atom. The molecule has 1 rings (SSSR count). The highest BCUT2D eigenvalue weighted by atomic mass is 35.7. The zero-order valence-electron chi connectivity index (χ0n) is 13.0. The van der Waals surface area contributed by atoms with Gasteiger partial charge in [-0.3, -0.25) is 0 Å². The lowest BCUT2D eigenvalue weighted by Gasteiger charge is -2.23. The van der Waals surface area contributed by atoms with Crippen molar-refractivity contribution in [3.05, 3.63) is 35.9 Å². The summed E-state index contributed by atoms with van der Waals surface area (Å²) < 4.78 is 27.7. The minimum Gasteiger partial charge on any atom is -0.444 e. The van der Waals surface area contributed by atoms with E-state index < -0.39 is 26.8 Å². The van der Waals surface area contributed by atoms with E-state index in [0.717, 1.165) is 5.56 Å². The molecule has 0 aliphatic carbocycles. The Morgan fingerprint density at radius 3 is 2.36 bits per heavy atom. The summed E-state index contributed by atoms with van der Waals surface area (Å²) in [6.45, 7) is 5.22. The first kappa shape index (κ1) is 18.8. The molecule has 22 heavy (non-hydrogen) atoms. The first-order valence-corrected chi connectivity index (χ1v) is 9.49. The van der Waals surface area contributed by atoms with Crippen molar-refractivity contribution in [3.8, 4) is 0 Å². The van der Waals surface area contributed by atoms with Gasteiger partial charge in [-0.15, -0.1) is 0 Å². The Balaban J connectivity index is 2.65. The van der Waals surface area contributed by atoms with E-state index in [0.29, 0.717) is 12.8 Å². The van der Waals surface area contributed by atoms with E-state index in [-0.39, 0.29) is 5.75 Å². The molecule has 0 aromatic heterocycles. The van der Waals surface area contributed by atoms with E-state index in [1.165, 1.54) is 0 Å². The van der Waals surface area contributed by atoms with Crippen LogP contribution in [0.5, 0.6) is 0 Å². The Labute approximate surface area is 136 Å². The second-order valence-corrected chi connectivity index (χ2v) is 8.89. The Bertz CT molecular complexity index is 581. The number of rotatable bonds is 6. The van der Waals surface area contributed by atoms with Crippen LogP contribution in [0.2, 0.25) is 0 Å². The number of halogens is 1. The predicted octanol–water partition coefficient (Wildman–Crippen LogP) is 3.08. The summed E-state index contributed by atoms with van der Waals surface area (Å²) in [5, 5.41) is 2.58. The van der Waals surface area contributed by atoms with Gasteiger partial charge in [-0.2, -0.15) is 0 Å². The number of aryl methyl sites for hydroxylation is 1. The number of alkyl carbamates (subject to hydrolysis) is 1. The first-order valence-electron chi connectivity index (χ1n) is 7.01. The van der Waals surface area contributed by atoms with Gasteiger partial charge in [-0.25, -0.2) is 13.2 Å². The average Bonchev–Trinajstić information content (AvgIpc) is 2.33. The number of carbonyl (C=O) groups excluding carboxylic acids is 1. The Morgan fingerprint density at radius 2 is 1.86 bits per heavy atom. The van der Waals surface area contributed by atoms with E-state index in [9.17, 15) is 13.2 Å². The lowest BCUT2D eigenvalue weighted by molar-refractivity contribution is 0.0507. The third kappa shape index (κ3) is 8.89. The summed E-state index contributed by atoms with van der Waals surface area (Å²) in [7, 11) is 1.59. The summed E-state index contributed by atoms with van der Waals surface area (Å²) in [5.41, 5.74) is 0.416. The molecule has 0 bridgehead atoms. The molecule has 1 unspecified atom stereocenters. The van der Waals surface area contributed by atoms with Crippen molar-refractivity contribution in [3.63, 3.8) is 0 Å². The van der Waals surface area contributed by atoms with Gasteiger partial charge in [0.05, 0.1) is 5.75 Å². The minimum atomic E-state index is -3.72. The second kappa shape index (κ2) is 7.83. The van der Waals surface area contributed by atoms with Gasteiger partial charge in [-0.1, -0.05) is 30.3 Å². The maximum absolute atomic E-state index is 11.8. The molecule has 0 radical (unpaired) electrons. The van der Waals surface area contributed by atoms with Gasteiger partial charge in [0.2, 0.25) is 9.05 Å². The number of amides is 1. The van der Waals surface area contributed by atoms with Crippen LogP contribution in [0.15, 0.2) is 30.3 Å². The number of carbonyl (C=O) groups is 1. The van der Waals surface area contributed by atoms with E-state index in [1.54, 1.807) is 20.8 Å². The number of hydrogen-bond acceptors (Lipinski definition) is 4. The fourth-order valence-corrected chi connectivity index (χ4v) is 3.08. The van der Waals surface area contributed by atoms with E-state index >= 15 is 0 Å². The van der Waals surface area contributed by atoms with Gasteiger partial charge >= 0.3 is 6.09 Å². The lowest BCUT2D eigenvalue weighted by atomic mass is 10.1. The fraction of sp³-hybridized carbons (Fsp3) is 0.533. The summed E-state index contributed by atoms with van der Waals surface area (Å²) in [5.74, 6) is -0.333. The fourth-order valence-electron chi connectivity index (χ4n) is 1.90. The first-order chi connectivity index (χ1) is 10.1. The van der Waals surface area contributed by atoms with Crippen LogP contribution in [0.1, 0.15) is 32.8 Å². The number of nitrogens with one attached hydrogen (secondary N) is 1. The molecule has 0 aliphatic rings. The molecule has 5 nitrogen and oxygen atoms in total. The minimum absolute atomic E-state index is 0.333. The van der Waals surface area contributed by atoms with Crippen molar-refractivity contribution >= 4 is 25.8 Å². The van der Waals surface area contributed by atoms with Crippen LogP contribution in [0, 0.1) is 0 Å². The van der Waals surface area contributed by atoms with Crippen molar-refractivity contribution in [2.45, 2.75) is 45.3 Å². The predicted molar refractivity (Wildman–Crippen MR) is 87.6 cm³/mol. The molecule has 0 aliphatic heterocycles. The van der Waals surface area contributed by atoms with Crippen LogP contribution in [0.25, 0.3) is 0 Å². The van der Waals surface area contributed by atoms with Crippen molar-refractivity contribution < 1.29 is 17.9 Å². The maximum atomic E-state index is 11.8. The topological polar surface area (TPSA) is 72.5 Å². The molecule has 1 amide bonds. The van der Waals surface area contributed by atoms with Crippen molar-refractivity contribution in [2.75, 3.05) is 5.75 Å². The maximum Gasteiger partial charge on any atom is 0.407 e. The van der Waals surface area contributed by atoms with Crippen molar-refractivity contribution in [1.29, 1.82) is 0 Å². The van der Waals surface area contributed by atoms with Crippen LogP contribution in [-0.2, 0) is 20.2 Å². The largest absolute Gasteiger partial charge is 0.444 e. The van der Waals surface area contributed by atoms with Gasteiger partial charge in [0.15, 0.2) is 0 Å². The van der Waals surface area contributed by atoms with E-state index in [2.05, 4.69) is 5.32 Å². The zero-order valence-corrected chi connectivity index (χ0v) is 14.6. The smallest absolute Gasteiger partial charge is 0.407 e. The number of benzene rings is 1. The van der Waals surface area contributed by atoms with Gasteiger partial charge in [0.1, 0.15) is 5.60 Å². The Kier molecular flexibility index (Phi) is 6.68. The highest BCUT2D eigenvalue weighted by Crippen LogP contribution is 2.11. The number of hydrogen-bond donors (Lipinski definition) is 1.